The Morgan fingerprint density at radius 2 is 1.68 bits per heavy atom. The highest BCUT2D eigenvalue weighted by atomic mass is 16.2. The van der Waals surface area contributed by atoms with E-state index in [1.54, 1.807) is 12.4 Å². The first-order valence-electron chi connectivity index (χ1n) is 10.5. The van der Waals surface area contributed by atoms with Gasteiger partial charge in [-0.1, -0.05) is 38.1 Å². The predicted molar refractivity (Wildman–Crippen MR) is 122 cm³/mol. The van der Waals surface area contributed by atoms with Crippen LogP contribution in [0.15, 0.2) is 54.9 Å². The molecule has 0 aliphatic carbocycles. The third kappa shape index (κ3) is 6.22. The first kappa shape index (κ1) is 22.2. The van der Waals surface area contributed by atoms with E-state index < -0.39 is 0 Å². The number of Topliss-reactive ketones (excluding diaryl/α,β-unsaturated/α-hetero) is 1. The summed E-state index contributed by atoms with van der Waals surface area (Å²) in [6.45, 7) is 6.23. The minimum atomic E-state index is -0.254. The van der Waals surface area contributed by atoms with Crippen molar-refractivity contribution in [3.05, 3.63) is 88.5 Å². The van der Waals surface area contributed by atoms with E-state index in [1.807, 2.05) is 63.2 Å². The van der Waals surface area contributed by atoms with E-state index in [-0.39, 0.29) is 11.8 Å². The molecule has 0 radical (unpaired) electrons. The molecule has 0 saturated heterocycles. The van der Waals surface area contributed by atoms with Crippen molar-refractivity contribution >= 4 is 17.5 Å². The van der Waals surface area contributed by atoms with Crippen LogP contribution in [-0.2, 0) is 19.4 Å². The Bertz CT molecular complexity index is 1060. The Labute approximate surface area is 183 Å². The molecular formula is C25H28N4O2. The highest BCUT2D eigenvalue weighted by Gasteiger charge is 2.08. The van der Waals surface area contributed by atoms with Crippen LogP contribution in [0.3, 0.4) is 0 Å². The summed E-state index contributed by atoms with van der Waals surface area (Å²) in [5.41, 5.74) is 6.32. The molecule has 0 aliphatic rings. The fourth-order valence-corrected chi connectivity index (χ4v) is 3.26. The van der Waals surface area contributed by atoms with Gasteiger partial charge in [0.25, 0.3) is 0 Å². The first-order valence-corrected chi connectivity index (χ1v) is 10.5. The molecule has 0 saturated carbocycles. The molecule has 1 aromatic carbocycles. The highest BCUT2D eigenvalue weighted by Crippen LogP contribution is 2.16. The second-order valence-electron chi connectivity index (χ2n) is 7.49. The summed E-state index contributed by atoms with van der Waals surface area (Å²) in [5, 5.41) is 5.78. The fraction of sp³-hybridized carbons (Fsp3) is 0.280. The molecule has 2 aromatic heterocycles. The maximum atomic E-state index is 12.3. The van der Waals surface area contributed by atoms with Crippen LogP contribution in [0.4, 0.5) is 10.5 Å². The minimum absolute atomic E-state index is 0.0500. The molecule has 2 heterocycles. The van der Waals surface area contributed by atoms with E-state index in [9.17, 15) is 9.59 Å². The van der Waals surface area contributed by atoms with Crippen molar-refractivity contribution in [1.82, 2.24) is 15.3 Å². The molecule has 0 atom stereocenters. The number of urea groups is 1. The molecule has 0 fully saturated rings. The van der Waals surface area contributed by atoms with Gasteiger partial charge in [-0.05, 0) is 60.2 Å². The SMILES string of the molecule is CCC(=O)c1cc(Cc2ccc(CNC(=O)Nc3cc(C)cnc3CC)cc2)ccn1. The molecule has 3 aromatic rings. The molecule has 3 rings (SSSR count). The molecule has 2 amide bonds. The number of hydrogen-bond acceptors (Lipinski definition) is 4. The number of carbonyl (C=O) groups is 2. The number of aromatic nitrogens is 2. The standard InChI is InChI=1S/C25H28N4O2/c1-4-21-22(12-17(3)15-27-21)29-25(31)28-16-19-8-6-18(7-9-19)13-20-10-11-26-23(14-20)24(30)5-2/h6-12,14-15H,4-5,13,16H2,1-3H3,(H2,28,29,31). The normalized spacial score (nSPS) is 10.5. The van der Waals surface area contributed by atoms with Crippen LogP contribution in [0.25, 0.3) is 0 Å². The molecule has 6 heteroatoms. The number of hydrogen-bond donors (Lipinski definition) is 2. The van der Waals surface area contributed by atoms with E-state index >= 15 is 0 Å². The molecule has 2 N–H and O–H groups in total. The number of amides is 2. The lowest BCUT2D eigenvalue weighted by atomic mass is 10.0. The van der Waals surface area contributed by atoms with Gasteiger partial charge in [0.1, 0.15) is 5.69 Å². The molecule has 0 aliphatic heterocycles. The van der Waals surface area contributed by atoms with Crippen molar-refractivity contribution in [2.75, 3.05) is 5.32 Å². The van der Waals surface area contributed by atoms with E-state index in [2.05, 4.69) is 20.6 Å². The van der Waals surface area contributed by atoms with Crippen molar-refractivity contribution in [2.45, 2.75) is 46.6 Å². The molecule has 0 unspecified atom stereocenters. The molecule has 31 heavy (non-hydrogen) atoms. The fourth-order valence-electron chi connectivity index (χ4n) is 3.26. The second-order valence-corrected chi connectivity index (χ2v) is 7.49. The zero-order valence-corrected chi connectivity index (χ0v) is 18.2. The lowest BCUT2D eigenvalue weighted by Gasteiger charge is -2.11. The monoisotopic (exact) mass is 416 g/mol. The Hall–Kier alpha value is -3.54. The largest absolute Gasteiger partial charge is 0.334 e. The number of rotatable bonds is 8. The summed E-state index contributed by atoms with van der Waals surface area (Å²) in [6.07, 6.45) is 5.41. The predicted octanol–water partition coefficient (Wildman–Crippen LogP) is 4.85. The molecule has 6 nitrogen and oxygen atoms in total. The Kier molecular flexibility index (Phi) is 7.49. The van der Waals surface area contributed by atoms with E-state index in [4.69, 9.17) is 0 Å². The van der Waals surface area contributed by atoms with Gasteiger partial charge in [0.2, 0.25) is 0 Å². The molecular weight excluding hydrogens is 388 g/mol. The number of aryl methyl sites for hydroxylation is 2. The van der Waals surface area contributed by atoms with Gasteiger partial charge in [-0.3, -0.25) is 14.8 Å². The van der Waals surface area contributed by atoms with Gasteiger partial charge < -0.3 is 10.6 Å². The van der Waals surface area contributed by atoms with Crippen molar-refractivity contribution in [2.24, 2.45) is 0 Å². The summed E-state index contributed by atoms with van der Waals surface area (Å²) in [6, 6.07) is 13.5. The van der Waals surface area contributed by atoms with Crippen molar-refractivity contribution in [3.63, 3.8) is 0 Å². The summed E-state index contributed by atoms with van der Waals surface area (Å²) >= 11 is 0. The third-order valence-electron chi connectivity index (χ3n) is 5.01. The Morgan fingerprint density at radius 3 is 2.39 bits per heavy atom. The van der Waals surface area contributed by atoms with Crippen molar-refractivity contribution in [1.29, 1.82) is 0 Å². The Morgan fingerprint density at radius 1 is 0.935 bits per heavy atom. The smallest absolute Gasteiger partial charge is 0.319 e. The average Bonchev–Trinajstić information content (AvgIpc) is 2.78. The van der Waals surface area contributed by atoms with Crippen LogP contribution in [-0.4, -0.2) is 21.8 Å². The number of benzene rings is 1. The van der Waals surface area contributed by atoms with Crippen LogP contribution in [0.1, 0.15) is 58.7 Å². The van der Waals surface area contributed by atoms with Gasteiger partial charge >= 0.3 is 6.03 Å². The van der Waals surface area contributed by atoms with Crippen LogP contribution in [0, 0.1) is 6.92 Å². The van der Waals surface area contributed by atoms with Crippen LogP contribution >= 0.6 is 0 Å². The van der Waals surface area contributed by atoms with Crippen LogP contribution in [0.5, 0.6) is 0 Å². The van der Waals surface area contributed by atoms with Gasteiger partial charge in [-0.15, -0.1) is 0 Å². The zero-order chi connectivity index (χ0) is 22.2. The van der Waals surface area contributed by atoms with Crippen LogP contribution < -0.4 is 10.6 Å². The van der Waals surface area contributed by atoms with Crippen molar-refractivity contribution < 1.29 is 9.59 Å². The van der Waals surface area contributed by atoms with Gasteiger partial charge in [-0.2, -0.15) is 0 Å². The Balaban J connectivity index is 1.56. The van der Waals surface area contributed by atoms with Gasteiger partial charge in [0, 0.05) is 25.4 Å². The average molecular weight is 417 g/mol. The number of carbonyl (C=O) groups excluding carboxylic acids is 2. The van der Waals surface area contributed by atoms with E-state index in [0.717, 1.165) is 46.5 Å². The number of nitrogens with one attached hydrogen (secondary N) is 2. The highest BCUT2D eigenvalue weighted by molar-refractivity contribution is 5.94. The lowest BCUT2D eigenvalue weighted by molar-refractivity contribution is 0.0983. The summed E-state index contributed by atoms with van der Waals surface area (Å²) in [5.74, 6) is 0.0500. The number of anilines is 1. The van der Waals surface area contributed by atoms with Crippen molar-refractivity contribution in [3.8, 4) is 0 Å². The van der Waals surface area contributed by atoms with Gasteiger partial charge in [0.15, 0.2) is 5.78 Å². The van der Waals surface area contributed by atoms with Crippen LogP contribution in [0.2, 0.25) is 0 Å². The maximum absolute atomic E-state index is 12.3. The summed E-state index contributed by atoms with van der Waals surface area (Å²) in [4.78, 5) is 32.7. The minimum Gasteiger partial charge on any atom is -0.334 e. The molecule has 0 spiro atoms. The van der Waals surface area contributed by atoms with Gasteiger partial charge in [0.05, 0.1) is 11.4 Å². The summed E-state index contributed by atoms with van der Waals surface area (Å²) < 4.78 is 0. The number of pyridine rings is 2. The molecule has 0 bridgehead atoms. The first-order chi connectivity index (χ1) is 15.0. The zero-order valence-electron chi connectivity index (χ0n) is 18.2. The molecule has 160 valence electrons. The van der Waals surface area contributed by atoms with Gasteiger partial charge in [-0.25, -0.2) is 4.79 Å². The number of nitrogens with zero attached hydrogens (tertiary/aromatic N) is 2. The topological polar surface area (TPSA) is 84.0 Å². The second kappa shape index (κ2) is 10.5. The van der Waals surface area contributed by atoms with E-state index in [1.165, 1.54) is 0 Å². The summed E-state index contributed by atoms with van der Waals surface area (Å²) in [7, 11) is 0. The third-order valence-corrected chi connectivity index (χ3v) is 5.01. The lowest BCUT2D eigenvalue weighted by Crippen LogP contribution is -2.28. The number of ketones is 1. The maximum Gasteiger partial charge on any atom is 0.319 e. The van der Waals surface area contributed by atoms with E-state index in [0.29, 0.717) is 18.7 Å². The quantitative estimate of drug-likeness (QED) is 0.514.